The van der Waals surface area contributed by atoms with Gasteiger partial charge in [-0.15, -0.1) is 0 Å². The summed E-state index contributed by atoms with van der Waals surface area (Å²) < 4.78 is 14.5. The first-order chi connectivity index (χ1) is 4.93. The average Bonchev–Trinajstić information content (AvgIpc) is 2.41. The number of hydrogen-bond donors (Lipinski definition) is 0. The fourth-order valence-corrected chi connectivity index (χ4v) is 1.10. The van der Waals surface area contributed by atoms with Gasteiger partial charge in [0, 0.05) is 0 Å². The van der Waals surface area contributed by atoms with Gasteiger partial charge in [0.05, 0.1) is 0 Å². The summed E-state index contributed by atoms with van der Waals surface area (Å²) in [6.07, 6.45) is 0. The molecule has 0 amide bonds. The summed E-state index contributed by atoms with van der Waals surface area (Å²) in [6.45, 7) is 0.346. The summed E-state index contributed by atoms with van der Waals surface area (Å²) in [4.78, 5) is 3.94. The topological polar surface area (TPSA) is 39.2 Å². The SMILES string of the molecule is O=P#COCc1cscn1. The van der Waals surface area contributed by atoms with Gasteiger partial charge in [0.15, 0.2) is 0 Å². The summed E-state index contributed by atoms with van der Waals surface area (Å²) in [5.41, 5.74) is 2.55. The fraction of sp³-hybridized carbons (Fsp3) is 0.200. The Balaban J connectivity index is 2.39. The van der Waals surface area contributed by atoms with E-state index >= 15 is 0 Å². The first-order valence-electron chi connectivity index (χ1n) is 2.49. The maximum atomic E-state index is 9.78. The Morgan fingerprint density at radius 2 is 2.80 bits per heavy atom. The molecule has 0 unspecified atom stereocenters. The van der Waals surface area contributed by atoms with Gasteiger partial charge in [-0.05, 0) is 0 Å². The second-order valence-corrected chi connectivity index (χ2v) is 2.53. The Labute approximate surface area is 63.2 Å². The van der Waals surface area contributed by atoms with E-state index in [4.69, 9.17) is 4.74 Å². The van der Waals surface area contributed by atoms with Gasteiger partial charge in [-0.3, -0.25) is 0 Å². The van der Waals surface area contributed by atoms with Crippen molar-refractivity contribution in [2.24, 2.45) is 0 Å². The summed E-state index contributed by atoms with van der Waals surface area (Å²) in [5, 5.41) is 1.86. The van der Waals surface area contributed by atoms with Gasteiger partial charge in [-0.25, -0.2) is 0 Å². The van der Waals surface area contributed by atoms with Crippen LogP contribution in [-0.2, 0) is 15.9 Å². The van der Waals surface area contributed by atoms with Crippen LogP contribution in [0.5, 0.6) is 0 Å². The maximum absolute atomic E-state index is 9.78. The quantitative estimate of drug-likeness (QED) is 0.641. The van der Waals surface area contributed by atoms with E-state index in [1.54, 1.807) is 5.51 Å². The van der Waals surface area contributed by atoms with Gasteiger partial charge < -0.3 is 0 Å². The minimum absolute atomic E-state index is 0.225. The molecule has 0 aliphatic heterocycles. The molecule has 0 spiro atoms. The van der Waals surface area contributed by atoms with Crippen LogP contribution in [-0.4, -0.2) is 4.98 Å². The molecule has 0 fully saturated rings. The van der Waals surface area contributed by atoms with Crippen molar-refractivity contribution in [2.75, 3.05) is 0 Å². The zero-order valence-electron chi connectivity index (χ0n) is 4.98. The molecule has 0 atom stereocenters. The average molecular weight is 173 g/mol. The van der Waals surface area contributed by atoms with E-state index in [2.05, 4.69) is 10.8 Å². The molecule has 0 aliphatic rings. The number of thiazole rings is 1. The molecule has 1 aromatic rings. The zero-order chi connectivity index (χ0) is 7.23. The third kappa shape index (κ3) is 2.46. The Bertz CT molecular complexity index is 278. The van der Waals surface area contributed by atoms with Crippen LogP contribution in [0.2, 0.25) is 0 Å². The van der Waals surface area contributed by atoms with Crippen LogP contribution in [0.4, 0.5) is 0 Å². The van der Waals surface area contributed by atoms with Crippen LogP contribution < -0.4 is 0 Å². The van der Waals surface area contributed by atoms with Gasteiger partial charge in [-0.2, -0.15) is 0 Å². The van der Waals surface area contributed by atoms with Crippen LogP contribution in [0.15, 0.2) is 10.9 Å². The molecule has 0 N–H and O–H groups in total. The molecule has 1 aromatic heterocycles. The summed E-state index contributed by atoms with van der Waals surface area (Å²) in [6, 6.07) is 0. The monoisotopic (exact) mass is 173 g/mol. The van der Waals surface area contributed by atoms with Crippen molar-refractivity contribution in [2.45, 2.75) is 6.61 Å². The van der Waals surface area contributed by atoms with E-state index in [-0.39, 0.29) is 7.92 Å². The van der Waals surface area contributed by atoms with E-state index in [9.17, 15) is 4.57 Å². The third-order valence-electron chi connectivity index (χ3n) is 0.805. The molecule has 10 heavy (non-hydrogen) atoms. The Kier molecular flexibility index (Phi) is 3.41. The number of rotatable bonds is 2. The van der Waals surface area contributed by atoms with Gasteiger partial charge in [0.2, 0.25) is 0 Å². The van der Waals surface area contributed by atoms with E-state index in [1.807, 2.05) is 5.38 Å². The summed E-state index contributed by atoms with van der Waals surface area (Å²) in [7, 11) is -0.225. The molecule has 5 heteroatoms. The Morgan fingerprint density at radius 3 is 3.40 bits per heavy atom. The molecule has 0 saturated heterocycles. The molecule has 3 nitrogen and oxygen atoms in total. The van der Waals surface area contributed by atoms with E-state index < -0.39 is 0 Å². The molecule has 0 aliphatic carbocycles. The van der Waals surface area contributed by atoms with Gasteiger partial charge in [-0.1, -0.05) is 0 Å². The second-order valence-electron chi connectivity index (χ2n) is 1.45. The standard InChI is InChI=1S/C5H4NO2PS/c7-9-4-8-1-5-2-10-3-6-5/h2-3H,1H2. The van der Waals surface area contributed by atoms with Crippen molar-refractivity contribution in [1.82, 2.24) is 4.98 Å². The molecule has 0 aromatic carbocycles. The van der Waals surface area contributed by atoms with E-state index in [0.29, 0.717) is 6.61 Å². The van der Waals surface area contributed by atoms with Gasteiger partial charge in [0.1, 0.15) is 0 Å². The summed E-state index contributed by atoms with van der Waals surface area (Å²) in [5.74, 6) is 2.17. The third-order valence-corrected chi connectivity index (χ3v) is 1.64. The van der Waals surface area contributed by atoms with Crippen molar-refractivity contribution < 1.29 is 9.30 Å². The van der Waals surface area contributed by atoms with Gasteiger partial charge >= 0.3 is 62.5 Å². The molecule has 0 bridgehead atoms. The minimum atomic E-state index is -0.225. The number of nitrogens with zero attached hydrogens (tertiary/aromatic N) is 1. The van der Waals surface area contributed by atoms with Crippen molar-refractivity contribution in [1.29, 1.82) is 0 Å². The molecule has 1 rings (SSSR count). The molecular formula is C5H4NO2PS. The van der Waals surface area contributed by atoms with Crippen molar-refractivity contribution >= 4 is 19.3 Å². The van der Waals surface area contributed by atoms with Crippen LogP contribution in [0, 0.1) is 5.81 Å². The Morgan fingerprint density at radius 1 is 1.90 bits per heavy atom. The summed E-state index contributed by atoms with van der Waals surface area (Å²) >= 11 is 1.50. The number of hydrogen-bond acceptors (Lipinski definition) is 4. The second kappa shape index (κ2) is 4.42. The number of ether oxygens (including phenoxy) is 1. The van der Waals surface area contributed by atoms with Crippen molar-refractivity contribution in [3.8, 4) is 5.81 Å². The molecule has 0 radical (unpaired) electrons. The van der Waals surface area contributed by atoms with Crippen LogP contribution in [0.3, 0.4) is 0 Å². The van der Waals surface area contributed by atoms with Crippen LogP contribution in [0.1, 0.15) is 5.69 Å². The number of aromatic nitrogens is 1. The fourth-order valence-electron chi connectivity index (χ4n) is 0.441. The predicted octanol–water partition coefficient (Wildman–Crippen LogP) is 1.87. The zero-order valence-corrected chi connectivity index (χ0v) is 6.69. The molecule has 52 valence electrons. The van der Waals surface area contributed by atoms with E-state index in [0.717, 1.165) is 5.69 Å². The predicted molar refractivity (Wildman–Crippen MR) is 38.4 cm³/mol. The molecule has 1 heterocycles. The first-order valence-corrected chi connectivity index (χ1v) is 4.25. The van der Waals surface area contributed by atoms with E-state index in [1.165, 1.54) is 11.3 Å². The van der Waals surface area contributed by atoms with Crippen LogP contribution in [0.25, 0.3) is 0 Å². The van der Waals surface area contributed by atoms with Gasteiger partial charge in [0.25, 0.3) is 0 Å². The normalized spacial score (nSPS) is 8.80. The first kappa shape index (κ1) is 7.70. The van der Waals surface area contributed by atoms with Crippen LogP contribution >= 0.6 is 19.3 Å². The van der Waals surface area contributed by atoms with Crippen molar-refractivity contribution in [3.63, 3.8) is 0 Å². The Hall–Kier alpha value is -0.400. The molecule has 0 saturated carbocycles. The molecular weight excluding hydrogens is 169 g/mol. The van der Waals surface area contributed by atoms with Crippen molar-refractivity contribution in [3.05, 3.63) is 16.6 Å².